The summed E-state index contributed by atoms with van der Waals surface area (Å²) in [4.78, 5) is 0. The van der Waals surface area contributed by atoms with Crippen LogP contribution in [0.1, 0.15) is 33.6 Å². The van der Waals surface area contributed by atoms with Crippen molar-refractivity contribution in [1.29, 1.82) is 0 Å². The predicted octanol–water partition coefficient (Wildman–Crippen LogP) is 0.920. The Morgan fingerprint density at radius 3 is 1.31 bits per heavy atom. The summed E-state index contributed by atoms with van der Waals surface area (Å²) in [7, 11) is 6.02. The first-order valence-corrected chi connectivity index (χ1v) is 5.12. The van der Waals surface area contributed by atoms with E-state index in [4.69, 9.17) is 0 Å². The van der Waals surface area contributed by atoms with Crippen LogP contribution < -0.4 is 16.0 Å². The molecule has 0 unspecified atom stereocenters. The largest absolute Gasteiger partial charge is 0.311 e. The first kappa shape index (κ1) is 12.9. The van der Waals surface area contributed by atoms with Crippen LogP contribution in [0.4, 0.5) is 0 Å². The molecule has 80 valence electrons. The maximum atomic E-state index is 3.43. The molecule has 0 spiro atoms. The van der Waals surface area contributed by atoms with E-state index in [0.717, 1.165) is 12.8 Å². The molecule has 0 amide bonds. The smallest absolute Gasteiger partial charge is 0.0840 e. The molecule has 0 radical (unpaired) electrons. The number of nitrogens with one attached hydrogen (secondary N) is 3. The molecular weight excluding hydrogens is 162 g/mol. The normalized spacial score (nSPS) is 13.4. The first-order valence-electron chi connectivity index (χ1n) is 5.12. The van der Waals surface area contributed by atoms with Crippen LogP contribution in [-0.4, -0.2) is 32.3 Å². The highest BCUT2D eigenvalue weighted by Crippen LogP contribution is 2.26. The Morgan fingerprint density at radius 1 is 0.846 bits per heavy atom. The summed E-state index contributed by atoms with van der Waals surface area (Å²) in [5.41, 5.74) is 0.0434. The number of hydrogen-bond acceptors (Lipinski definition) is 3. The molecule has 0 rings (SSSR count). The molecule has 3 heteroatoms. The van der Waals surface area contributed by atoms with E-state index in [9.17, 15) is 0 Å². The SMILES string of the molecule is CCC(CC)(NC)C(C)(NC)NC. The van der Waals surface area contributed by atoms with Gasteiger partial charge in [0.2, 0.25) is 0 Å². The zero-order valence-corrected chi connectivity index (χ0v) is 9.91. The monoisotopic (exact) mass is 187 g/mol. The van der Waals surface area contributed by atoms with Crippen molar-refractivity contribution in [3.63, 3.8) is 0 Å². The second-order valence-electron chi connectivity index (χ2n) is 3.66. The molecule has 0 aliphatic rings. The first-order chi connectivity index (χ1) is 6.05. The molecule has 0 fully saturated rings. The van der Waals surface area contributed by atoms with E-state index in [1.807, 2.05) is 21.1 Å². The molecule has 0 atom stereocenters. The molecule has 13 heavy (non-hydrogen) atoms. The molecule has 0 aromatic heterocycles. The average Bonchev–Trinajstić information content (AvgIpc) is 2.20. The molecule has 0 aromatic carbocycles. The highest BCUT2D eigenvalue weighted by Gasteiger charge is 2.42. The third-order valence-corrected chi connectivity index (χ3v) is 3.64. The lowest BCUT2D eigenvalue weighted by Crippen LogP contribution is -2.71. The Morgan fingerprint density at radius 2 is 1.23 bits per heavy atom. The Bertz CT molecular complexity index is 129. The van der Waals surface area contributed by atoms with Crippen LogP contribution in [0.3, 0.4) is 0 Å². The van der Waals surface area contributed by atoms with Crippen molar-refractivity contribution in [3.8, 4) is 0 Å². The standard InChI is InChI=1S/C10H25N3/c1-7-10(8-2,13-6)9(3,11-4)12-5/h11-13H,7-8H2,1-6H3. The van der Waals surface area contributed by atoms with Crippen LogP contribution in [0, 0.1) is 0 Å². The fourth-order valence-electron chi connectivity index (χ4n) is 2.16. The lowest BCUT2D eigenvalue weighted by molar-refractivity contribution is 0.119. The lowest BCUT2D eigenvalue weighted by Gasteiger charge is -2.48. The predicted molar refractivity (Wildman–Crippen MR) is 58.9 cm³/mol. The third kappa shape index (κ3) is 2.03. The van der Waals surface area contributed by atoms with Gasteiger partial charge in [-0.05, 0) is 40.9 Å². The Kier molecular flexibility index (Phi) is 4.89. The van der Waals surface area contributed by atoms with Gasteiger partial charge in [-0.2, -0.15) is 0 Å². The summed E-state index contributed by atoms with van der Waals surface area (Å²) in [6.07, 6.45) is 2.19. The van der Waals surface area contributed by atoms with E-state index in [2.05, 4.69) is 36.7 Å². The van der Waals surface area contributed by atoms with Crippen LogP contribution >= 0.6 is 0 Å². The second-order valence-corrected chi connectivity index (χ2v) is 3.66. The van der Waals surface area contributed by atoms with E-state index in [0.29, 0.717) is 0 Å². The third-order valence-electron chi connectivity index (χ3n) is 3.64. The van der Waals surface area contributed by atoms with Gasteiger partial charge in [0, 0.05) is 5.54 Å². The molecule has 0 heterocycles. The number of hydrogen-bond donors (Lipinski definition) is 3. The minimum atomic E-state index is -0.0642. The van der Waals surface area contributed by atoms with E-state index < -0.39 is 0 Å². The lowest BCUT2D eigenvalue weighted by atomic mass is 9.80. The molecule has 0 bridgehead atoms. The summed E-state index contributed by atoms with van der Waals surface area (Å²) in [6.45, 7) is 6.62. The second kappa shape index (κ2) is 4.94. The van der Waals surface area contributed by atoms with E-state index in [-0.39, 0.29) is 11.2 Å². The minimum Gasteiger partial charge on any atom is -0.311 e. The molecule has 3 N–H and O–H groups in total. The van der Waals surface area contributed by atoms with Crippen LogP contribution in [0.15, 0.2) is 0 Å². The average molecular weight is 187 g/mol. The maximum absolute atomic E-state index is 3.43. The zero-order valence-electron chi connectivity index (χ0n) is 9.91. The van der Waals surface area contributed by atoms with Crippen LogP contribution in [0.2, 0.25) is 0 Å². The molecule has 0 aliphatic carbocycles. The highest BCUT2D eigenvalue weighted by atomic mass is 15.2. The van der Waals surface area contributed by atoms with Crippen molar-refractivity contribution < 1.29 is 0 Å². The van der Waals surface area contributed by atoms with Crippen molar-refractivity contribution >= 4 is 0 Å². The summed E-state index contributed by atoms with van der Waals surface area (Å²) >= 11 is 0. The van der Waals surface area contributed by atoms with Crippen molar-refractivity contribution in [2.75, 3.05) is 21.1 Å². The fourth-order valence-corrected chi connectivity index (χ4v) is 2.16. The van der Waals surface area contributed by atoms with Gasteiger partial charge in [0.15, 0.2) is 0 Å². The summed E-state index contributed by atoms with van der Waals surface area (Å²) in [5, 5.41) is 10.1. The summed E-state index contributed by atoms with van der Waals surface area (Å²) in [5.74, 6) is 0. The van der Waals surface area contributed by atoms with Gasteiger partial charge in [-0.3, -0.25) is 0 Å². The van der Waals surface area contributed by atoms with E-state index >= 15 is 0 Å². The van der Waals surface area contributed by atoms with Crippen molar-refractivity contribution in [2.45, 2.75) is 44.8 Å². The quantitative estimate of drug-likeness (QED) is 0.541. The highest BCUT2D eigenvalue weighted by molar-refractivity contribution is 5.03. The Hall–Kier alpha value is -0.120. The van der Waals surface area contributed by atoms with Crippen LogP contribution in [0.5, 0.6) is 0 Å². The number of rotatable bonds is 6. The van der Waals surface area contributed by atoms with E-state index in [1.165, 1.54) is 0 Å². The van der Waals surface area contributed by atoms with Crippen molar-refractivity contribution in [3.05, 3.63) is 0 Å². The van der Waals surface area contributed by atoms with Crippen molar-refractivity contribution in [2.24, 2.45) is 0 Å². The van der Waals surface area contributed by atoms with Gasteiger partial charge in [-0.25, -0.2) is 0 Å². The Balaban J connectivity index is 4.87. The van der Waals surface area contributed by atoms with Gasteiger partial charge in [0.25, 0.3) is 0 Å². The minimum absolute atomic E-state index is 0.0642. The zero-order chi connectivity index (χ0) is 10.5. The van der Waals surface area contributed by atoms with Gasteiger partial charge in [-0.1, -0.05) is 13.8 Å². The van der Waals surface area contributed by atoms with Gasteiger partial charge in [0.05, 0.1) is 5.66 Å². The van der Waals surface area contributed by atoms with Gasteiger partial charge in [0.1, 0.15) is 0 Å². The molecule has 0 aromatic rings. The topological polar surface area (TPSA) is 36.1 Å². The van der Waals surface area contributed by atoms with Crippen molar-refractivity contribution in [1.82, 2.24) is 16.0 Å². The summed E-state index contributed by atoms with van der Waals surface area (Å²) < 4.78 is 0. The van der Waals surface area contributed by atoms with E-state index in [1.54, 1.807) is 0 Å². The Labute approximate surface area is 82.7 Å². The van der Waals surface area contributed by atoms with Crippen LogP contribution in [-0.2, 0) is 0 Å². The summed E-state index contributed by atoms with van der Waals surface area (Å²) in [6, 6.07) is 0. The molecule has 0 saturated heterocycles. The maximum Gasteiger partial charge on any atom is 0.0840 e. The fraction of sp³-hybridized carbons (Fsp3) is 1.00. The number of likely N-dealkylation sites (N-methyl/N-ethyl adjacent to an activating group) is 3. The molecule has 3 nitrogen and oxygen atoms in total. The van der Waals surface area contributed by atoms with Crippen LogP contribution in [0.25, 0.3) is 0 Å². The molecule has 0 saturated carbocycles. The van der Waals surface area contributed by atoms with Gasteiger partial charge >= 0.3 is 0 Å². The van der Waals surface area contributed by atoms with Gasteiger partial charge in [-0.15, -0.1) is 0 Å². The van der Waals surface area contributed by atoms with Gasteiger partial charge < -0.3 is 16.0 Å². The molecule has 0 aliphatic heterocycles. The molecular formula is C10H25N3.